The van der Waals surface area contributed by atoms with E-state index in [9.17, 15) is 14.7 Å². The highest BCUT2D eigenvalue weighted by Crippen LogP contribution is 2.29. The lowest BCUT2D eigenvalue weighted by Crippen LogP contribution is -2.38. The van der Waals surface area contributed by atoms with Gasteiger partial charge in [0.1, 0.15) is 0 Å². The molecule has 0 radical (unpaired) electrons. The highest BCUT2D eigenvalue weighted by Gasteiger charge is 2.22. The summed E-state index contributed by atoms with van der Waals surface area (Å²) in [6, 6.07) is 15.4. The Morgan fingerprint density at radius 1 is 1.07 bits per heavy atom. The number of carboxylic acid groups (broad SMARTS) is 1. The van der Waals surface area contributed by atoms with Crippen LogP contribution in [-0.2, 0) is 16.0 Å². The van der Waals surface area contributed by atoms with Crippen molar-refractivity contribution in [1.29, 1.82) is 0 Å². The number of carbonyl (C=O) groups excluding carboxylic acids is 1. The zero-order valence-electron chi connectivity index (χ0n) is 18.1. The van der Waals surface area contributed by atoms with Gasteiger partial charge in [-0.2, -0.15) is 0 Å². The van der Waals surface area contributed by atoms with E-state index in [4.69, 9.17) is 4.74 Å². The molecular weight excluding hydrogens is 380 g/mol. The number of rotatable bonds is 11. The molecule has 0 fully saturated rings. The van der Waals surface area contributed by atoms with Crippen molar-refractivity contribution >= 4 is 17.7 Å². The number of unbranched alkanes of at least 4 members (excludes halogenated alkanes) is 2. The van der Waals surface area contributed by atoms with Crippen molar-refractivity contribution in [2.45, 2.75) is 45.6 Å². The summed E-state index contributed by atoms with van der Waals surface area (Å²) < 4.78 is 5.39. The molecule has 162 valence electrons. The average molecular weight is 413 g/mol. The molecule has 0 saturated heterocycles. The molecule has 0 aliphatic rings. The SMILES string of the molecule is CCCCCNC(=O)N(C)c1cc(-c2ccccc2)ccc1CC(OCC)C(=O)O. The van der Waals surface area contributed by atoms with Crippen LogP contribution in [-0.4, -0.2) is 43.4 Å². The minimum atomic E-state index is -1.01. The second-order valence-electron chi connectivity index (χ2n) is 7.19. The normalized spacial score (nSPS) is 11.7. The average Bonchev–Trinajstić information content (AvgIpc) is 2.76. The molecule has 0 saturated carbocycles. The molecule has 0 heterocycles. The first-order chi connectivity index (χ1) is 14.5. The van der Waals surface area contributed by atoms with Crippen molar-refractivity contribution in [1.82, 2.24) is 5.32 Å². The summed E-state index contributed by atoms with van der Waals surface area (Å²) in [4.78, 5) is 25.9. The molecule has 30 heavy (non-hydrogen) atoms. The zero-order valence-corrected chi connectivity index (χ0v) is 18.1. The van der Waals surface area contributed by atoms with Crippen LogP contribution in [0.4, 0.5) is 10.5 Å². The molecule has 6 heteroatoms. The van der Waals surface area contributed by atoms with Crippen LogP contribution in [0.1, 0.15) is 38.7 Å². The fourth-order valence-corrected chi connectivity index (χ4v) is 3.28. The number of hydrogen-bond acceptors (Lipinski definition) is 3. The highest BCUT2D eigenvalue weighted by atomic mass is 16.5. The fourth-order valence-electron chi connectivity index (χ4n) is 3.28. The molecule has 2 aromatic rings. The van der Waals surface area contributed by atoms with E-state index in [1.807, 2.05) is 48.5 Å². The molecule has 1 unspecified atom stereocenters. The van der Waals surface area contributed by atoms with E-state index in [0.717, 1.165) is 36.0 Å². The summed E-state index contributed by atoms with van der Waals surface area (Å²) in [6.45, 7) is 4.81. The van der Waals surface area contributed by atoms with Gasteiger partial charge in [0.05, 0.1) is 0 Å². The van der Waals surface area contributed by atoms with Crippen LogP contribution in [0.15, 0.2) is 48.5 Å². The molecular formula is C24H32N2O4. The van der Waals surface area contributed by atoms with E-state index in [1.165, 1.54) is 0 Å². The van der Waals surface area contributed by atoms with Gasteiger partial charge in [0.15, 0.2) is 6.10 Å². The van der Waals surface area contributed by atoms with Gasteiger partial charge in [-0.3, -0.25) is 4.90 Å². The van der Waals surface area contributed by atoms with Gasteiger partial charge in [0.2, 0.25) is 0 Å². The largest absolute Gasteiger partial charge is 0.479 e. The summed E-state index contributed by atoms with van der Waals surface area (Å²) in [5, 5.41) is 12.4. The monoisotopic (exact) mass is 412 g/mol. The number of carbonyl (C=O) groups is 2. The van der Waals surface area contributed by atoms with E-state index in [0.29, 0.717) is 18.8 Å². The second-order valence-corrected chi connectivity index (χ2v) is 7.19. The first kappa shape index (κ1) is 23.4. The Hall–Kier alpha value is -2.86. The first-order valence-electron chi connectivity index (χ1n) is 10.5. The number of nitrogens with zero attached hydrogens (tertiary/aromatic N) is 1. The number of anilines is 1. The molecule has 0 bridgehead atoms. The van der Waals surface area contributed by atoms with Gasteiger partial charge in [0.25, 0.3) is 0 Å². The van der Waals surface area contributed by atoms with Crippen LogP contribution in [0.25, 0.3) is 11.1 Å². The van der Waals surface area contributed by atoms with Gasteiger partial charge >= 0.3 is 12.0 Å². The lowest BCUT2D eigenvalue weighted by Gasteiger charge is -2.24. The molecule has 2 rings (SSSR count). The van der Waals surface area contributed by atoms with Gasteiger partial charge < -0.3 is 15.2 Å². The number of carboxylic acids is 1. The number of aliphatic carboxylic acids is 1. The number of hydrogen-bond donors (Lipinski definition) is 2. The van der Waals surface area contributed by atoms with E-state index in [-0.39, 0.29) is 12.5 Å². The Morgan fingerprint density at radius 3 is 2.43 bits per heavy atom. The van der Waals surface area contributed by atoms with E-state index >= 15 is 0 Å². The lowest BCUT2D eigenvalue weighted by atomic mass is 9.98. The Labute approximate surface area is 178 Å². The highest BCUT2D eigenvalue weighted by molar-refractivity contribution is 5.93. The van der Waals surface area contributed by atoms with Crippen LogP contribution in [0.5, 0.6) is 0 Å². The molecule has 2 aromatic carbocycles. The molecule has 2 N–H and O–H groups in total. The van der Waals surface area contributed by atoms with E-state index in [2.05, 4.69) is 12.2 Å². The Kier molecular flexibility index (Phi) is 9.35. The molecule has 0 aromatic heterocycles. The summed E-state index contributed by atoms with van der Waals surface area (Å²) in [5.41, 5.74) is 3.42. The van der Waals surface area contributed by atoms with Crippen molar-refractivity contribution in [2.24, 2.45) is 0 Å². The predicted molar refractivity (Wildman–Crippen MR) is 120 cm³/mol. The van der Waals surface area contributed by atoms with E-state index in [1.54, 1.807) is 18.9 Å². The Balaban J connectivity index is 2.33. The van der Waals surface area contributed by atoms with E-state index < -0.39 is 12.1 Å². The molecule has 0 aliphatic heterocycles. The maximum absolute atomic E-state index is 12.7. The van der Waals surface area contributed by atoms with Gasteiger partial charge in [-0.1, -0.05) is 62.2 Å². The number of benzene rings is 2. The minimum Gasteiger partial charge on any atom is -0.479 e. The van der Waals surface area contributed by atoms with Crippen molar-refractivity contribution < 1.29 is 19.4 Å². The van der Waals surface area contributed by atoms with Crippen LogP contribution >= 0.6 is 0 Å². The molecule has 6 nitrogen and oxygen atoms in total. The summed E-state index contributed by atoms with van der Waals surface area (Å²) in [7, 11) is 1.71. The minimum absolute atomic E-state index is 0.182. The van der Waals surface area contributed by atoms with Crippen LogP contribution in [0.2, 0.25) is 0 Å². The third-order valence-corrected chi connectivity index (χ3v) is 4.96. The molecule has 1 atom stereocenters. The Bertz CT molecular complexity index is 823. The number of urea groups is 1. The first-order valence-corrected chi connectivity index (χ1v) is 10.5. The third kappa shape index (κ3) is 6.59. The quantitative estimate of drug-likeness (QED) is 0.523. The third-order valence-electron chi connectivity index (χ3n) is 4.96. The van der Waals surface area contributed by atoms with Crippen LogP contribution < -0.4 is 10.2 Å². The van der Waals surface area contributed by atoms with Crippen molar-refractivity contribution in [3.05, 3.63) is 54.1 Å². The lowest BCUT2D eigenvalue weighted by molar-refractivity contribution is -0.149. The second kappa shape index (κ2) is 12.0. The maximum Gasteiger partial charge on any atom is 0.333 e. The number of ether oxygens (including phenoxy) is 1. The van der Waals surface area contributed by atoms with Crippen LogP contribution in [0, 0.1) is 0 Å². The standard InChI is InChI=1S/C24H32N2O4/c1-4-6-10-15-25-24(29)26(3)21-16-19(18-11-8-7-9-12-18)13-14-20(21)17-22(23(27)28)30-5-2/h7-9,11-14,16,22H,4-6,10,15,17H2,1-3H3,(H,25,29)(H,27,28). The summed E-state index contributed by atoms with van der Waals surface area (Å²) in [6.07, 6.45) is 2.30. The maximum atomic E-state index is 12.7. The topological polar surface area (TPSA) is 78.9 Å². The fraction of sp³-hybridized carbons (Fsp3) is 0.417. The van der Waals surface area contributed by atoms with Gasteiger partial charge in [-0.05, 0) is 36.1 Å². The number of nitrogens with one attached hydrogen (secondary N) is 1. The van der Waals surface area contributed by atoms with Gasteiger partial charge in [0, 0.05) is 32.3 Å². The number of amides is 2. The van der Waals surface area contributed by atoms with Gasteiger partial charge in [-0.25, -0.2) is 9.59 Å². The summed E-state index contributed by atoms with van der Waals surface area (Å²) >= 11 is 0. The van der Waals surface area contributed by atoms with Crippen molar-refractivity contribution in [3.63, 3.8) is 0 Å². The molecule has 2 amide bonds. The Morgan fingerprint density at radius 2 is 1.80 bits per heavy atom. The predicted octanol–water partition coefficient (Wildman–Crippen LogP) is 4.72. The van der Waals surface area contributed by atoms with Gasteiger partial charge in [-0.15, -0.1) is 0 Å². The zero-order chi connectivity index (χ0) is 21.9. The molecule has 0 aliphatic carbocycles. The van der Waals surface area contributed by atoms with Crippen molar-refractivity contribution in [3.8, 4) is 11.1 Å². The summed E-state index contributed by atoms with van der Waals surface area (Å²) in [5.74, 6) is -1.01. The van der Waals surface area contributed by atoms with Crippen LogP contribution in [0.3, 0.4) is 0 Å². The molecule has 0 spiro atoms. The van der Waals surface area contributed by atoms with Crippen molar-refractivity contribution in [2.75, 3.05) is 25.1 Å². The smallest absolute Gasteiger partial charge is 0.333 e.